The zero-order chi connectivity index (χ0) is 20.4. The highest BCUT2D eigenvalue weighted by Gasteiger charge is 2.44. The number of aromatic nitrogens is 1. The van der Waals surface area contributed by atoms with Crippen molar-refractivity contribution in [3.05, 3.63) is 84.2 Å². The van der Waals surface area contributed by atoms with Gasteiger partial charge in [0.1, 0.15) is 5.75 Å². The Bertz CT molecular complexity index is 1060. The standard InChI is InChI=1S/C23H21N3O3/c1-16-7-3-4-8-19(16)26-21(27)15-25-14-6-5-9-20(25)22(26)23(28)24-17-10-12-18(29-2)13-11-17/h3-14,22H,15H2,1-2H3/p+1/t22-/m1/s1. The topological polar surface area (TPSA) is 62.5 Å². The Hall–Kier alpha value is -3.67. The normalized spacial score (nSPS) is 15.6. The number of nitrogens with zero attached hydrogens (tertiary/aromatic N) is 2. The minimum absolute atomic E-state index is 0.127. The van der Waals surface area contributed by atoms with Gasteiger partial charge in [0.25, 0.3) is 11.8 Å². The van der Waals surface area contributed by atoms with Gasteiger partial charge in [0.15, 0.2) is 6.20 Å². The summed E-state index contributed by atoms with van der Waals surface area (Å²) in [6, 6.07) is 19.6. The van der Waals surface area contributed by atoms with Crippen LogP contribution < -0.4 is 19.5 Å². The average molecular weight is 388 g/mol. The molecule has 2 amide bonds. The molecule has 0 saturated heterocycles. The summed E-state index contributed by atoms with van der Waals surface area (Å²) in [6.07, 6.45) is 1.83. The van der Waals surface area contributed by atoms with Gasteiger partial charge in [-0.3, -0.25) is 14.5 Å². The zero-order valence-electron chi connectivity index (χ0n) is 16.3. The number of aryl methyl sites for hydroxylation is 1. The van der Waals surface area contributed by atoms with Gasteiger partial charge in [-0.1, -0.05) is 24.3 Å². The maximum Gasteiger partial charge on any atom is 0.294 e. The summed E-state index contributed by atoms with van der Waals surface area (Å²) in [5.41, 5.74) is 3.08. The molecule has 1 aromatic heterocycles. The lowest BCUT2D eigenvalue weighted by Crippen LogP contribution is -2.58. The van der Waals surface area contributed by atoms with Gasteiger partial charge in [0.05, 0.1) is 7.11 Å². The van der Waals surface area contributed by atoms with Gasteiger partial charge in [0, 0.05) is 23.5 Å². The molecule has 146 valence electrons. The molecular weight excluding hydrogens is 366 g/mol. The number of hydrogen-bond acceptors (Lipinski definition) is 3. The van der Waals surface area contributed by atoms with Crippen LogP contribution in [0.1, 0.15) is 17.3 Å². The van der Waals surface area contributed by atoms with Crippen molar-refractivity contribution in [2.45, 2.75) is 19.5 Å². The Morgan fingerprint density at radius 2 is 1.79 bits per heavy atom. The number of para-hydroxylation sites is 1. The highest BCUT2D eigenvalue weighted by Crippen LogP contribution is 2.32. The SMILES string of the molecule is COc1ccc(NC(=O)[C@H]2c3cccc[n+]3CC(=O)N2c2ccccc2C)cc1. The number of anilines is 2. The largest absolute Gasteiger partial charge is 0.497 e. The number of ether oxygens (including phenoxy) is 1. The number of pyridine rings is 1. The van der Waals surface area contributed by atoms with Crippen LogP contribution in [-0.4, -0.2) is 18.9 Å². The van der Waals surface area contributed by atoms with Crippen molar-refractivity contribution in [2.24, 2.45) is 0 Å². The first kappa shape index (κ1) is 18.7. The minimum atomic E-state index is -0.777. The van der Waals surface area contributed by atoms with Crippen molar-refractivity contribution in [3.63, 3.8) is 0 Å². The second kappa shape index (κ2) is 7.75. The maximum absolute atomic E-state index is 13.4. The summed E-state index contributed by atoms with van der Waals surface area (Å²) in [5, 5.41) is 2.94. The molecule has 1 aliphatic rings. The van der Waals surface area contributed by atoms with Crippen molar-refractivity contribution < 1.29 is 18.9 Å². The van der Waals surface area contributed by atoms with Crippen LogP contribution in [0.5, 0.6) is 5.75 Å². The van der Waals surface area contributed by atoms with E-state index in [0.717, 1.165) is 16.9 Å². The second-order valence-electron chi connectivity index (χ2n) is 6.92. The number of benzene rings is 2. The van der Waals surface area contributed by atoms with E-state index in [9.17, 15) is 9.59 Å². The lowest BCUT2D eigenvalue weighted by molar-refractivity contribution is -0.695. The predicted molar refractivity (Wildman–Crippen MR) is 110 cm³/mol. The third-order valence-electron chi connectivity index (χ3n) is 5.07. The van der Waals surface area contributed by atoms with E-state index < -0.39 is 6.04 Å². The van der Waals surface area contributed by atoms with Crippen LogP contribution in [-0.2, 0) is 16.1 Å². The molecule has 2 heterocycles. The molecule has 4 rings (SSSR count). The smallest absolute Gasteiger partial charge is 0.294 e. The van der Waals surface area contributed by atoms with Crippen LogP contribution in [0.4, 0.5) is 11.4 Å². The van der Waals surface area contributed by atoms with Crippen LogP contribution in [0.2, 0.25) is 0 Å². The van der Waals surface area contributed by atoms with Gasteiger partial charge in [0.2, 0.25) is 18.3 Å². The lowest BCUT2D eigenvalue weighted by atomic mass is 10.0. The van der Waals surface area contributed by atoms with E-state index >= 15 is 0 Å². The number of fused-ring (bicyclic) bond motifs is 1. The van der Waals surface area contributed by atoms with Crippen LogP contribution in [0, 0.1) is 6.92 Å². The van der Waals surface area contributed by atoms with Crippen LogP contribution in [0.3, 0.4) is 0 Å². The first-order valence-corrected chi connectivity index (χ1v) is 9.39. The van der Waals surface area contributed by atoms with Gasteiger partial charge in [-0.05, 0) is 42.8 Å². The first-order chi connectivity index (χ1) is 14.1. The van der Waals surface area contributed by atoms with Gasteiger partial charge >= 0.3 is 0 Å². The van der Waals surface area contributed by atoms with Crippen molar-refractivity contribution in [1.29, 1.82) is 0 Å². The Morgan fingerprint density at radius 1 is 1.07 bits per heavy atom. The van der Waals surface area contributed by atoms with E-state index in [4.69, 9.17) is 4.74 Å². The Morgan fingerprint density at radius 3 is 2.52 bits per heavy atom. The van der Waals surface area contributed by atoms with Gasteiger partial charge in [-0.25, -0.2) is 0 Å². The number of carbonyl (C=O) groups is 2. The van der Waals surface area contributed by atoms with E-state index in [1.807, 2.05) is 60.2 Å². The van der Waals surface area contributed by atoms with E-state index in [0.29, 0.717) is 11.4 Å². The van der Waals surface area contributed by atoms with E-state index in [-0.39, 0.29) is 18.4 Å². The molecule has 0 aliphatic carbocycles. The molecule has 1 atom stereocenters. The van der Waals surface area contributed by atoms with Gasteiger partial charge < -0.3 is 10.1 Å². The molecule has 2 aromatic carbocycles. The van der Waals surface area contributed by atoms with Crippen molar-refractivity contribution in [3.8, 4) is 5.75 Å². The second-order valence-corrected chi connectivity index (χ2v) is 6.92. The molecule has 0 bridgehead atoms. The summed E-state index contributed by atoms with van der Waals surface area (Å²) in [6.45, 7) is 2.13. The van der Waals surface area contributed by atoms with Crippen LogP contribution >= 0.6 is 0 Å². The molecule has 0 spiro atoms. The fourth-order valence-corrected chi connectivity index (χ4v) is 3.62. The molecule has 0 saturated carbocycles. The quantitative estimate of drug-likeness (QED) is 0.699. The van der Waals surface area contributed by atoms with Crippen LogP contribution in [0.25, 0.3) is 0 Å². The molecule has 6 heteroatoms. The molecule has 3 aromatic rings. The molecule has 1 aliphatic heterocycles. The minimum Gasteiger partial charge on any atom is -0.497 e. The summed E-state index contributed by atoms with van der Waals surface area (Å²) in [7, 11) is 1.59. The number of carbonyl (C=O) groups excluding carboxylic acids is 2. The van der Waals surface area contributed by atoms with E-state index in [1.54, 1.807) is 36.3 Å². The number of nitrogens with one attached hydrogen (secondary N) is 1. The predicted octanol–water partition coefficient (Wildman–Crippen LogP) is 3.02. The Labute approximate surface area is 169 Å². The summed E-state index contributed by atoms with van der Waals surface area (Å²) in [4.78, 5) is 28.0. The fraction of sp³-hybridized carbons (Fsp3) is 0.174. The number of methoxy groups -OCH3 is 1. The number of amides is 2. The van der Waals surface area contributed by atoms with Crippen molar-refractivity contribution >= 4 is 23.2 Å². The molecule has 6 nitrogen and oxygen atoms in total. The highest BCUT2D eigenvalue weighted by molar-refractivity contribution is 6.05. The van der Waals surface area contributed by atoms with Gasteiger partial charge in [-0.15, -0.1) is 0 Å². The number of hydrogen-bond donors (Lipinski definition) is 1. The highest BCUT2D eigenvalue weighted by atomic mass is 16.5. The third-order valence-corrected chi connectivity index (χ3v) is 5.07. The Kier molecular flexibility index (Phi) is 4.99. The van der Waals surface area contributed by atoms with E-state index in [1.165, 1.54) is 0 Å². The lowest BCUT2D eigenvalue weighted by Gasteiger charge is -2.33. The number of rotatable bonds is 4. The van der Waals surface area contributed by atoms with Gasteiger partial charge in [-0.2, -0.15) is 4.57 Å². The van der Waals surface area contributed by atoms with Crippen molar-refractivity contribution in [1.82, 2.24) is 0 Å². The third kappa shape index (κ3) is 3.57. The molecule has 0 radical (unpaired) electrons. The summed E-state index contributed by atoms with van der Waals surface area (Å²) < 4.78 is 7.00. The first-order valence-electron chi connectivity index (χ1n) is 9.39. The van der Waals surface area contributed by atoms with Crippen LogP contribution in [0.15, 0.2) is 72.9 Å². The fourth-order valence-electron chi connectivity index (χ4n) is 3.62. The summed E-state index contributed by atoms with van der Waals surface area (Å²) >= 11 is 0. The molecule has 0 fully saturated rings. The zero-order valence-corrected chi connectivity index (χ0v) is 16.3. The van der Waals surface area contributed by atoms with E-state index in [2.05, 4.69) is 5.32 Å². The monoisotopic (exact) mass is 388 g/mol. The Balaban J connectivity index is 1.75. The maximum atomic E-state index is 13.4. The summed E-state index contributed by atoms with van der Waals surface area (Å²) in [5.74, 6) is 0.308. The van der Waals surface area contributed by atoms with Crippen molar-refractivity contribution in [2.75, 3.05) is 17.3 Å². The molecule has 0 unspecified atom stereocenters. The molecule has 1 N–H and O–H groups in total. The molecular formula is C23H22N3O3+. The average Bonchev–Trinajstić information content (AvgIpc) is 2.74. The molecule has 29 heavy (non-hydrogen) atoms.